The number of nitrogens with one attached hydrogen (secondary N) is 1. The third kappa shape index (κ3) is 1.67. The van der Waals surface area contributed by atoms with E-state index in [1.54, 1.807) is 0 Å². The van der Waals surface area contributed by atoms with Gasteiger partial charge in [0.15, 0.2) is 4.77 Å². The van der Waals surface area contributed by atoms with E-state index in [0.29, 0.717) is 16.8 Å². The molecule has 5 nitrogen and oxygen atoms in total. The van der Waals surface area contributed by atoms with Gasteiger partial charge < -0.3 is 10.6 Å². The highest BCUT2D eigenvalue weighted by molar-refractivity contribution is 7.71. The third-order valence-electron chi connectivity index (χ3n) is 2.78. The molecule has 1 fully saturated rings. The maximum atomic E-state index is 5.75. The summed E-state index contributed by atoms with van der Waals surface area (Å²) in [5.74, 6) is 0.504. The molecule has 0 saturated carbocycles. The van der Waals surface area contributed by atoms with E-state index >= 15 is 0 Å². The Balaban J connectivity index is 2.20. The van der Waals surface area contributed by atoms with Crippen LogP contribution in [0.1, 0.15) is 18.9 Å². The lowest BCUT2D eigenvalue weighted by molar-refractivity contribution is 0.221. The van der Waals surface area contributed by atoms with E-state index < -0.39 is 0 Å². The van der Waals surface area contributed by atoms with Gasteiger partial charge >= 0.3 is 0 Å². The van der Waals surface area contributed by atoms with Crippen molar-refractivity contribution in [2.24, 2.45) is 0 Å². The van der Waals surface area contributed by atoms with Crippen molar-refractivity contribution in [3.05, 3.63) is 4.77 Å². The minimum atomic E-state index is 0.414. The summed E-state index contributed by atoms with van der Waals surface area (Å²) in [6.07, 6.45) is 2.18. The van der Waals surface area contributed by atoms with Gasteiger partial charge in [-0.25, -0.2) is 5.10 Å². The second kappa shape index (κ2) is 3.70. The highest BCUT2D eigenvalue weighted by Gasteiger charge is 2.20. The molecule has 0 amide bonds. The topological polar surface area (TPSA) is 62.9 Å². The maximum Gasteiger partial charge on any atom is 0.220 e. The molecule has 0 spiro atoms. The van der Waals surface area contributed by atoms with E-state index in [-0.39, 0.29) is 0 Å². The highest BCUT2D eigenvalue weighted by atomic mass is 32.1. The van der Waals surface area contributed by atoms with Gasteiger partial charge in [0.25, 0.3) is 0 Å². The monoisotopic (exact) mass is 213 g/mol. The number of nitrogen functional groups attached to an aromatic ring is 1. The second-order valence-corrected chi connectivity index (χ2v) is 4.18. The van der Waals surface area contributed by atoms with Crippen LogP contribution in [0.4, 0.5) is 5.95 Å². The van der Waals surface area contributed by atoms with Crippen molar-refractivity contribution in [2.75, 3.05) is 25.9 Å². The number of H-pyrrole nitrogens is 1. The molecule has 2 rings (SSSR count). The minimum absolute atomic E-state index is 0.414. The van der Waals surface area contributed by atoms with Gasteiger partial charge in [-0.3, -0.25) is 4.57 Å². The van der Waals surface area contributed by atoms with Crippen molar-refractivity contribution in [2.45, 2.75) is 18.9 Å². The van der Waals surface area contributed by atoms with Gasteiger partial charge in [0.2, 0.25) is 5.95 Å². The Morgan fingerprint density at radius 2 is 2.14 bits per heavy atom. The first-order valence-electron chi connectivity index (χ1n) is 4.79. The fraction of sp³-hybridized carbons (Fsp3) is 0.750. The molecule has 1 aliphatic rings. The molecule has 0 bridgehead atoms. The van der Waals surface area contributed by atoms with Gasteiger partial charge in [-0.2, -0.15) is 0 Å². The number of hydrogen-bond donors (Lipinski definition) is 2. The summed E-state index contributed by atoms with van der Waals surface area (Å²) in [6.45, 7) is 2.19. The summed E-state index contributed by atoms with van der Waals surface area (Å²) < 4.78 is 2.57. The zero-order valence-corrected chi connectivity index (χ0v) is 9.05. The molecule has 0 aliphatic carbocycles. The SMILES string of the molecule is CN1CCC(n2c(N)n[nH]c2=S)CC1. The van der Waals surface area contributed by atoms with Gasteiger partial charge in [0.05, 0.1) is 0 Å². The number of aromatic nitrogens is 3. The van der Waals surface area contributed by atoms with Crippen molar-refractivity contribution in [3.63, 3.8) is 0 Å². The van der Waals surface area contributed by atoms with Crippen LogP contribution in [0.3, 0.4) is 0 Å². The summed E-state index contributed by atoms with van der Waals surface area (Å²) in [6, 6.07) is 0.414. The molecule has 1 aliphatic heterocycles. The largest absolute Gasteiger partial charge is 0.368 e. The number of likely N-dealkylation sites (tertiary alicyclic amines) is 1. The zero-order valence-electron chi connectivity index (χ0n) is 8.23. The van der Waals surface area contributed by atoms with Crippen LogP contribution >= 0.6 is 12.2 Å². The fourth-order valence-electron chi connectivity index (χ4n) is 1.92. The predicted molar refractivity (Wildman–Crippen MR) is 57.6 cm³/mol. The fourth-order valence-corrected chi connectivity index (χ4v) is 2.21. The van der Waals surface area contributed by atoms with Gasteiger partial charge in [0.1, 0.15) is 0 Å². The molecule has 0 aromatic carbocycles. The zero-order chi connectivity index (χ0) is 10.1. The van der Waals surface area contributed by atoms with Crippen LogP contribution in [0.15, 0.2) is 0 Å². The average Bonchev–Trinajstić information content (AvgIpc) is 2.49. The van der Waals surface area contributed by atoms with Gasteiger partial charge in [0, 0.05) is 6.04 Å². The lowest BCUT2D eigenvalue weighted by atomic mass is 10.1. The van der Waals surface area contributed by atoms with Gasteiger partial charge in [-0.05, 0) is 45.2 Å². The summed E-state index contributed by atoms with van der Waals surface area (Å²) in [5.41, 5.74) is 5.75. The van der Waals surface area contributed by atoms with Crippen LogP contribution in [-0.4, -0.2) is 39.8 Å². The molecule has 3 N–H and O–H groups in total. The molecule has 0 radical (unpaired) electrons. The molecular formula is C8H15N5S. The molecule has 1 saturated heterocycles. The quantitative estimate of drug-likeness (QED) is 0.677. The van der Waals surface area contributed by atoms with Crippen LogP contribution < -0.4 is 5.73 Å². The minimum Gasteiger partial charge on any atom is -0.368 e. The van der Waals surface area contributed by atoms with Crippen LogP contribution in [0, 0.1) is 4.77 Å². The summed E-state index contributed by atoms with van der Waals surface area (Å²) in [4.78, 5) is 2.32. The first kappa shape index (κ1) is 9.67. The Bertz CT molecular complexity index is 360. The van der Waals surface area contributed by atoms with Crippen molar-refractivity contribution in [1.82, 2.24) is 19.7 Å². The Labute approximate surface area is 87.9 Å². The van der Waals surface area contributed by atoms with Crippen LogP contribution in [-0.2, 0) is 0 Å². The lowest BCUT2D eigenvalue weighted by Gasteiger charge is -2.29. The Kier molecular flexibility index (Phi) is 2.56. The maximum absolute atomic E-state index is 5.75. The average molecular weight is 213 g/mol. The number of hydrogen-bond acceptors (Lipinski definition) is 4. The van der Waals surface area contributed by atoms with E-state index in [1.165, 1.54) is 0 Å². The summed E-state index contributed by atoms with van der Waals surface area (Å²) >= 11 is 5.13. The first-order chi connectivity index (χ1) is 6.68. The molecule has 14 heavy (non-hydrogen) atoms. The van der Waals surface area contributed by atoms with Crippen LogP contribution in [0.2, 0.25) is 0 Å². The molecule has 1 aromatic heterocycles. The molecular weight excluding hydrogens is 198 g/mol. The second-order valence-electron chi connectivity index (χ2n) is 3.79. The van der Waals surface area contributed by atoms with E-state index in [0.717, 1.165) is 25.9 Å². The van der Waals surface area contributed by atoms with Crippen molar-refractivity contribution < 1.29 is 0 Å². The van der Waals surface area contributed by atoms with Crippen LogP contribution in [0.25, 0.3) is 0 Å². The number of aromatic amines is 1. The first-order valence-corrected chi connectivity index (χ1v) is 5.20. The normalized spacial score (nSPS) is 20.1. The van der Waals surface area contributed by atoms with E-state index in [2.05, 4.69) is 22.1 Å². The molecule has 2 heterocycles. The van der Waals surface area contributed by atoms with Crippen molar-refractivity contribution in [1.29, 1.82) is 0 Å². The van der Waals surface area contributed by atoms with Gasteiger partial charge in [-0.15, -0.1) is 5.10 Å². The van der Waals surface area contributed by atoms with Crippen LogP contribution in [0.5, 0.6) is 0 Å². The Hall–Kier alpha value is -0.880. The standard InChI is InChI=1S/C8H15N5S/c1-12-4-2-6(3-5-12)13-7(9)10-11-8(13)14/h6H,2-5H2,1H3,(H2,9,10)(H,11,14). The van der Waals surface area contributed by atoms with E-state index in [9.17, 15) is 0 Å². The van der Waals surface area contributed by atoms with Crippen molar-refractivity contribution in [3.8, 4) is 0 Å². The summed E-state index contributed by atoms with van der Waals surface area (Å²) in [5, 5.41) is 6.64. The number of anilines is 1. The lowest BCUT2D eigenvalue weighted by Crippen LogP contribution is -2.31. The molecule has 6 heteroatoms. The number of piperidine rings is 1. The predicted octanol–water partition coefficient (Wildman–Crippen LogP) is 0.790. The third-order valence-corrected chi connectivity index (χ3v) is 3.07. The molecule has 1 aromatic rings. The number of nitrogens with zero attached hydrogens (tertiary/aromatic N) is 3. The van der Waals surface area contributed by atoms with E-state index in [4.69, 9.17) is 18.0 Å². The molecule has 78 valence electrons. The Morgan fingerprint density at radius 1 is 1.50 bits per heavy atom. The van der Waals surface area contributed by atoms with E-state index in [1.807, 2.05) is 4.57 Å². The number of nitrogens with two attached hydrogens (primary N) is 1. The summed E-state index contributed by atoms with van der Waals surface area (Å²) in [7, 11) is 2.13. The highest BCUT2D eigenvalue weighted by Crippen LogP contribution is 2.23. The molecule has 0 atom stereocenters. The number of rotatable bonds is 1. The van der Waals surface area contributed by atoms with Gasteiger partial charge in [-0.1, -0.05) is 0 Å². The smallest absolute Gasteiger partial charge is 0.220 e. The Morgan fingerprint density at radius 3 is 2.64 bits per heavy atom. The van der Waals surface area contributed by atoms with Crippen molar-refractivity contribution >= 4 is 18.2 Å². The molecule has 0 unspecified atom stereocenters.